The first-order valence-corrected chi connectivity index (χ1v) is 9.56. The second kappa shape index (κ2) is 7.18. The summed E-state index contributed by atoms with van der Waals surface area (Å²) < 4.78 is 0. The molecule has 0 unspecified atom stereocenters. The van der Waals surface area contributed by atoms with Gasteiger partial charge in [0.1, 0.15) is 5.82 Å². The maximum atomic E-state index is 4.77. The van der Waals surface area contributed by atoms with Crippen molar-refractivity contribution in [1.82, 2.24) is 9.97 Å². The molecule has 1 aromatic carbocycles. The van der Waals surface area contributed by atoms with Crippen LogP contribution in [0.4, 0.5) is 11.8 Å². The van der Waals surface area contributed by atoms with Gasteiger partial charge in [0.05, 0.1) is 12.1 Å². The van der Waals surface area contributed by atoms with E-state index in [4.69, 9.17) is 4.98 Å². The Morgan fingerprint density at radius 2 is 1.88 bits per heavy atom. The van der Waals surface area contributed by atoms with Crippen molar-refractivity contribution in [3.63, 3.8) is 0 Å². The van der Waals surface area contributed by atoms with Gasteiger partial charge in [0.2, 0.25) is 5.95 Å². The largest absolute Gasteiger partial charge is 0.367 e. The molecule has 2 N–H and O–H groups in total. The van der Waals surface area contributed by atoms with E-state index in [1.807, 2.05) is 6.07 Å². The summed E-state index contributed by atoms with van der Waals surface area (Å²) >= 11 is 1.74. The third kappa shape index (κ3) is 3.51. The fourth-order valence-electron chi connectivity index (χ4n) is 3.29. The lowest BCUT2D eigenvalue weighted by Gasteiger charge is -2.24. The molecule has 0 aliphatic heterocycles. The van der Waals surface area contributed by atoms with Crippen LogP contribution in [0.15, 0.2) is 41.8 Å². The quantitative estimate of drug-likeness (QED) is 0.683. The summed E-state index contributed by atoms with van der Waals surface area (Å²) in [5.74, 6) is 1.65. The number of thiophene rings is 1. The standard InChI is InChI=1S/C19H22N4S/c1-2-7-14(8-3-1)21-18-16-10-4-5-11-17(16)22-19(23-18)20-13-15-9-6-12-24-15/h4-6,9-12,14H,1-3,7-8,13H2,(H2,20,21,22,23). The summed E-state index contributed by atoms with van der Waals surface area (Å²) in [5, 5.41) is 10.2. The molecule has 0 bridgehead atoms. The van der Waals surface area contributed by atoms with E-state index in [2.05, 4.69) is 51.3 Å². The topological polar surface area (TPSA) is 49.8 Å². The third-order valence-corrected chi connectivity index (χ3v) is 5.43. The summed E-state index contributed by atoms with van der Waals surface area (Å²) in [7, 11) is 0. The molecule has 0 spiro atoms. The summed E-state index contributed by atoms with van der Waals surface area (Å²) in [4.78, 5) is 10.7. The number of rotatable bonds is 5. The number of nitrogens with one attached hydrogen (secondary N) is 2. The molecular formula is C19H22N4S. The predicted molar refractivity (Wildman–Crippen MR) is 102 cm³/mol. The zero-order valence-electron chi connectivity index (χ0n) is 13.7. The lowest BCUT2D eigenvalue weighted by molar-refractivity contribution is 0.462. The van der Waals surface area contributed by atoms with E-state index in [9.17, 15) is 0 Å². The molecule has 4 rings (SSSR count). The normalized spacial score (nSPS) is 15.5. The fraction of sp³-hybridized carbons (Fsp3) is 0.368. The van der Waals surface area contributed by atoms with Gasteiger partial charge in [-0.25, -0.2) is 4.98 Å². The van der Waals surface area contributed by atoms with Crippen molar-refractivity contribution in [3.8, 4) is 0 Å². The molecule has 0 atom stereocenters. The molecule has 1 fully saturated rings. The lowest BCUT2D eigenvalue weighted by Crippen LogP contribution is -2.23. The van der Waals surface area contributed by atoms with Crippen LogP contribution in [0.3, 0.4) is 0 Å². The minimum atomic E-state index is 0.530. The van der Waals surface area contributed by atoms with Crippen LogP contribution >= 0.6 is 11.3 Å². The van der Waals surface area contributed by atoms with E-state index >= 15 is 0 Å². The molecule has 124 valence electrons. The number of benzene rings is 1. The molecule has 1 aliphatic rings. The van der Waals surface area contributed by atoms with Crippen LogP contribution < -0.4 is 10.6 Å². The predicted octanol–water partition coefficient (Wildman–Crippen LogP) is 5.05. The summed E-state index contributed by atoms with van der Waals surface area (Å²) in [6, 6.07) is 13.0. The maximum absolute atomic E-state index is 4.77. The third-order valence-electron chi connectivity index (χ3n) is 4.55. The Balaban J connectivity index is 1.60. The molecule has 24 heavy (non-hydrogen) atoms. The van der Waals surface area contributed by atoms with Crippen LogP contribution in [-0.2, 0) is 6.54 Å². The number of hydrogen-bond acceptors (Lipinski definition) is 5. The van der Waals surface area contributed by atoms with Gasteiger partial charge in [-0.1, -0.05) is 37.5 Å². The number of anilines is 2. The number of nitrogens with zero attached hydrogens (tertiary/aromatic N) is 2. The van der Waals surface area contributed by atoms with Gasteiger partial charge in [0.25, 0.3) is 0 Å². The molecule has 2 aromatic heterocycles. The summed E-state index contributed by atoms with van der Waals surface area (Å²) in [5.41, 5.74) is 0.986. The van der Waals surface area contributed by atoms with Crippen LogP contribution in [0.5, 0.6) is 0 Å². The Kier molecular flexibility index (Phi) is 4.60. The number of para-hydroxylation sites is 1. The van der Waals surface area contributed by atoms with Crippen molar-refractivity contribution in [2.45, 2.75) is 44.7 Å². The first-order valence-electron chi connectivity index (χ1n) is 8.68. The van der Waals surface area contributed by atoms with Crippen molar-refractivity contribution < 1.29 is 0 Å². The summed E-state index contributed by atoms with van der Waals surface area (Å²) in [6.07, 6.45) is 6.44. The zero-order valence-corrected chi connectivity index (χ0v) is 14.5. The van der Waals surface area contributed by atoms with E-state index in [-0.39, 0.29) is 0 Å². The maximum Gasteiger partial charge on any atom is 0.225 e. The van der Waals surface area contributed by atoms with E-state index in [0.717, 1.165) is 23.3 Å². The van der Waals surface area contributed by atoms with E-state index in [0.29, 0.717) is 12.0 Å². The van der Waals surface area contributed by atoms with Crippen molar-refractivity contribution in [2.75, 3.05) is 10.6 Å². The highest BCUT2D eigenvalue weighted by molar-refractivity contribution is 7.09. The van der Waals surface area contributed by atoms with Gasteiger partial charge in [-0.05, 0) is 36.4 Å². The number of fused-ring (bicyclic) bond motifs is 1. The van der Waals surface area contributed by atoms with Gasteiger partial charge in [-0.3, -0.25) is 0 Å². The molecule has 5 heteroatoms. The fourth-order valence-corrected chi connectivity index (χ4v) is 3.93. The molecule has 2 heterocycles. The molecule has 1 aliphatic carbocycles. The van der Waals surface area contributed by atoms with E-state index in [1.165, 1.54) is 37.0 Å². The van der Waals surface area contributed by atoms with Crippen molar-refractivity contribution in [1.29, 1.82) is 0 Å². The van der Waals surface area contributed by atoms with Crippen molar-refractivity contribution in [3.05, 3.63) is 46.7 Å². The highest BCUT2D eigenvalue weighted by Crippen LogP contribution is 2.26. The number of hydrogen-bond donors (Lipinski definition) is 2. The van der Waals surface area contributed by atoms with Gasteiger partial charge in [0, 0.05) is 16.3 Å². The molecule has 4 nitrogen and oxygen atoms in total. The van der Waals surface area contributed by atoms with Gasteiger partial charge in [-0.15, -0.1) is 11.3 Å². The van der Waals surface area contributed by atoms with Crippen LogP contribution in [0.2, 0.25) is 0 Å². The highest BCUT2D eigenvalue weighted by atomic mass is 32.1. The second-order valence-corrected chi connectivity index (χ2v) is 7.36. The SMILES string of the molecule is c1csc(CNc2nc(NC3CCCCC3)c3ccccc3n2)c1. The highest BCUT2D eigenvalue weighted by Gasteiger charge is 2.16. The van der Waals surface area contributed by atoms with Crippen molar-refractivity contribution in [2.24, 2.45) is 0 Å². The van der Waals surface area contributed by atoms with E-state index in [1.54, 1.807) is 11.3 Å². The summed E-state index contributed by atoms with van der Waals surface area (Å²) in [6.45, 7) is 0.763. The van der Waals surface area contributed by atoms with Gasteiger partial charge >= 0.3 is 0 Å². The minimum Gasteiger partial charge on any atom is -0.367 e. The Morgan fingerprint density at radius 1 is 1.00 bits per heavy atom. The Bertz CT molecular complexity index is 794. The van der Waals surface area contributed by atoms with Crippen LogP contribution in [0, 0.1) is 0 Å². The molecule has 1 saturated carbocycles. The van der Waals surface area contributed by atoms with Crippen LogP contribution in [0.1, 0.15) is 37.0 Å². The average Bonchev–Trinajstić information content (AvgIpc) is 3.14. The molecular weight excluding hydrogens is 316 g/mol. The minimum absolute atomic E-state index is 0.530. The average molecular weight is 338 g/mol. The molecule has 3 aromatic rings. The van der Waals surface area contributed by atoms with Gasteiger partial charge in [-0.2, -0.15) is 4.98 Å². The molecule has 0 saturated heterocycles. The Morgan fingerprint density at radius 3 is 2.71 bits per heavy atom. The first-order chi connectivity index (χ1) is 11.9. The smallest absolute Gasteiger partial charge is 0.225 e. The lowest BCUT2D eigenvalue weighted by atomic mass is 9.95. The van der Waals surface area contributed by atoms with Crippen LogP contribution in [-0.4, -0.2) is 16.0 Å². The van der Waals surface area contributed by atoms with Gasteiger partial charge < -0.3 is 10.6 Å². The monoisotopic (exact) mass is 338 g/mol. The Labute approximate surface area is 146 Å². The first kappa shape index (κ1) is 15.4. The Hall–Kier alpha value is -2.14. The van der Waals surface area contributed by atoms with E-state index < -0.39 is 0 Å². The van der Waals surface area contributed by atoms with Gasteiger partial charge in [0.15, 0.2) is 0 Å². The zero-order chi connectivity index (χ0) is 16.2. The molecule has 0 amide bonds. The second-order valence-electron chi connectivity index (χ2n) is 6.33. The number of aromatic nitrogens is 2. The molecule has 0 radical (unpaired) electrons. The van der Waals surface area contributed by atoms with Crippen LogP contribution in [0.25, 0.3) is 10.9 Å². The van der Waals surface area contributed by atoms with Crippen molar-refractivity contribution >= 4 is 34.0 Å².